The first-order valence-electron chi connectivity index (χ1n) is 9.96. The van der Waals surface area contributed by atoms with Gasteiger partial charge in [0.15, 0.2) is 0 Å². The normalized spacial score (nSPS) is 18.6. The molecule has 0 bridgehead atoms. The van der Waals surface area contributed by atoms with Crippen molar-refractivity contribution in [3.8, 4) is 0 Å². The highest BCUT2D eigenvalue weighted by Gasteiger charge is 2.21. The molecular weight excluding hydrogens is 326 g/mol. The number of nitrogens with zero attached hydrogens (tertiary/aromatic N) is 1. The summed E-state index contributed by atoms with van der Waals surface area (Å²) in [5, 5.41) is 0. The van der Waals surface area contributed by atoms with Crippen LogP contribution in [0.2, 0.25) is 0 Å². The Balaban J connectivity index is 1.91. The molecule has 0 N–H and O–H groups in total. The molecule has 0 amide bonds. The maximum Gasteiger partial charge on any atom is 0.0243 e. The number of rotatable bonds is 5. The molecule has 0 aromatic heterocycles. The first-order valence-corrected chi connectivity index (χ1v) is 9.96. The standard InChI is InChI=1S/C26H31N/c1-20(2)13-14-27-18-25(16-23-10-6-5-7-11-23)22(4)26(19-27)17-24-12-8-9-21(3)15-24/h5-12,15-17,20H,4,13-14,18-19H2,1-3H3/b25-16+,26-17+. The summed E-state index contributed by atoms with van der Waals surface area (Å²) < 4.78 is 0. The second kappa shape index (κ2) is 9.01. The van der Waals surface area contributed by atoms with Crippen molar-refractivity contribution < 1.29 is 0 Å². The molecule has 27 heavy (non-hydrogen) atoms. The van der Waals surface area contributed by atoms with Crippen LogP contribution in [0.5, 0.6) is 0 Å². The van der Waals surface area contributed by atoms with E-state index in [2.05, 4.69) is 99.0 Å². The van der Waals surface area contributed by atoms with Gasteiger partial charge in [-0.1, -0.05) is 80.6 Å². The molecule has 2 aromatic rings. The molecule has 0 unspecified atom stereocenters. The van der Waals surface area contributed by atoms with Crippen molar-refractivity contribution in [2.45, 2.75) is 27.2 Å². The monoisotopic (exact) mass is 357 g/mol. The molecule has 1 aliphatic rings. The van der Waals surface area contributed by atoms with Crippen molar-refractivity contribution in [1.29, 1.82) is 0 Å². The van der Waals surface area contributed by atoms with Crippen LogP contribution in [-0.2, 0) is 0 Å². The van der Waals surface area contributed by atoms with Gasteiger partial charge in [-0.25, -0.2) is 0 Å². The third kappa shape index (κ3) is 5.55. The smallest absolute Gasteiger partial charge is 0.0243 e. The fourth-order valence-electron chi connectivity index (χ4n) is 3.51. The third-order valence-corrected chi connectivity index (χ3v) is 5.11. The van der Waals surface area contributed by atoms with Gasteiger partial charge in [-0.05, 0) is 65.8 Å². The van der Waals surface area contributed by atoms with E-state index in [1.165, 1.54) is 39.8 Å². The van der Waals surface area contributed by atoms with Crippen LogP contribution in [0.15, 0.2) is 77.9 Å². The zero-order chi connectivity index (χ0) is 19.2. The summed E-state index contributed by atoms with van der Waals surface area (Å²) in [6, 6.07) is 19.3. The summed E-state index contributed by atoms with van der Waals surface area (Å²) in [5.74, 6) is 0.723. The Morgan fingerprint density at radius 3 is 2.19 bits per heavy atom. The van der Waals surface area contributed by atoms with Crippen LogP contribution in [0.25, 0.3) is 12.2 Å². The molecule has 1 heteroatoms. The maximum atomic E-state index is 4.46. The first-order chi connectivity index (χ1) is 13.0. The van der Waals surface area contributed by atoms with Gasteiger partial charge in [0.25, 0.3) is 0 Å². The van der Waals surface area contributed by atoms with Crippen molar-refractivity contribution in [3.63, 3.8) is 0 Å². The van der Waals surface area contributed by atoms with Crippen molar-refractivity contribution in [2.75, 3.05) is 19.6 Å². The zero-order valence-corrected chi connectivity index (χ0v) is 16.9. The van der Waals surface area contributed by atoms with Gasteiger partial charge in [0.2, 0.25) is 0 Å². The van der Waals surface area contributed by atoms with Gasteiger partial charge in [0.1, 0.15) is 0 Å². The fraction of sp³-hybridized carbons (Fsp3) is 0.308. The largest absolute Gasteiger partial charge is 0.295 e. The Morgan fingerprint density at radius 1 is 0.926 bits per heavy atom. The van der Waals surface area contributed by atoms with Gasteiger partial charge < -0.3 is 0 Å². The lowest BCUT2D eigenvalue weighted by Crippen LogP contribution is -2.35. The number of hydrogen-bond acceptors (Lipinski definition) is 1. The summed E-state index contributed by atoms with van der Waals surface area (Å²) in [4.78, 5) is 2.56. The minimum absolute atomic E-state index is 0.723. The molecule has 1 nitrogen and oxygen atoms in total. The lowest BCUT2D eigenvalue weighted by molar-refractivity contribution is 0.293. The number of piperidine rings is 1. The van der Waals surface area contributed by atoms with E-state index in [0.717, 1.165) is 25.6 Å². The molecule has 1 saturated heterocycles. The Hall–Kier alpha value is -2.38. The van der Waals surface area contributed by atoms with Crippen molar-refractivity contribution in [1.82, 2.24) is 4.90 Å². The van der Waals surface area contributed by atoms with Crippen LogP contribution in [0, 0.1) is 12.8 Å². The van der Waals surface area contributed by atoms with Gasteiger partial charge in [0.05, 0.1) is 0 Å². The average Bonchev–Trinajstić information content (AvgIpc) is 2.64. The summed E-state index contributed by atoms with van der Waals surface area (Å²) in [7, 11) is 0. The number of benzene rings is 2. The molecule has 0 radical (unpaired) electrons. The molecule has 1 fully saturated rings. The van der Waals surface area contributed by atoms with Crippen LogP contribution in [-0.4, -0.2) is 24.5 Å². The van der Waals surface area contributed by atoms with Crippen molar-refractivity contribution in [2.24, 2.45) is 5.92 Å². The van der Waals surface area contributed by atoms with Crippen molar-refractivity contribution in [3.05, 3.63) is 94.6 Å². The van der Waals surface area contributed by atoms with Gasteiger partial charge in [-0.15, -0.1) is 0 Å². The molecule has 0 atom stereocenters. The molecule has 1 heterocycles. The lowest BCUT2D eigenvalue weighted by atomic mass is 9.90. The van der Waals surface area contributed by atoms with Crippen LogP contribution < -0.4 is 0 Å². The molecule has 0 spiro atoms. The first kappa shape index (κ1) is 19.4. The molecule has 3 rings (SSSR count). The second-order valence-corrected chi connectivity index (χ2v) is 8.04. The third-order valence-electron chi connectivity index (χ3n) is 5.11. The van der Waals surface area contributed by atoms with E-state index in [1.54, 1.807) is 0 Å². The Bertz CT molecular complexity index is 840. The van der Waals surface area contributed by atoms with Crippen LogP contribution >= 0.6 is 0 Å². The van der Waals surface area contributed by atoms with Gasteiger partial charge >= 0.3 is 0 Å². The summed E-state index contributed by atoms with van der Waals surface area (Å²) in [6.07, 6.45) is 5.84. The van der Waals surface area contributed by atoms with E-state index in [-0.39, 0.29) is 0 Å². The zero-order valence-electron chi connectivity index (χ0n) is 16.9. The van der Waals surface area contributed by atoms with E-state index in [4.69, 9.17) is 0 Å². The number of hydrogen-bond donors (Lipinski definition) is 0. The predicted molar refractivity (Wildman–Crippen MR) is 119 cm³/mol. The van der Waals surface area contributed by atoms with Crippen molar-refractivity contribution >= 4 is 12.2 Å². The van der Waals surface area contributed by atoms with E-state index < -0.39 is 0 Å². The maximum absolute atomic E-state index is 4.46. The molecule has 1 aliphatic heterocycles. The Morgan fingerprint density at radius 2 is 1.56 bits per heavy atom. The Kier molecular flexibility index (Phi) is 6.47. The molecule has 0 saturated carbocycles. The second-order valence-electron chi connectivity index (χ2n) is 8.04. The topological polar surface area (TPSA) is 3.24 Å². The van der Waals surface area contributed by atoms with Crippen LogP contribution in [0.1, 0.15) is 37.0 Å². The Labute approximate surface area is 164 Å². The quantitative estimate of drug-likeness (QED) is 0.600. The molecular formula is C26H31N. The average molecular weight is 358 g/mol. The number of likely N-dealkylation sites (tertiary alicyclic amines) is 1. The minimum atomic E-state index is 0.723. The van der Waals surface area contributed by atoms with Crippen LogP contribution in [0.3, 0.4) is 0 Å². The fourth-order valence-corrected chi connectivity index (χ4v) is 3.51. The van der Waals surface area contributed by atoms with Gasteiger partial charge in [0, 0.05) is 13.1 Å². The highest BCUT2D eigenvalue weighted by molar-refractivity contribution is 5.69. The molecule has 140 valence electrons. The van der Waals surface area contributed by atoms with Gasteiger partial charge in [-0.3, -0.25) is 4.90 Å². The highest BCUT2D eigenvalue weighted by Crippen LogP contribution is 2.29. The summed E-state index contributed by atoms with van der Waals surface area (Å²) in [5.41, 5.74) is 7.64. The van der Waals surface area contributed by atoms with Gasteiger partial charge in [-0.2, -0.15) is 0 Å². The van der Waals surface area contributed by atoms with Crippen LogP contribution in [0.4, 0.5) is 0 Å². The number of aryl methyl sites for hydroxylation is 1. The minimum Gasteiger partial charge on any atom is -0.295 e. The van der Waals surface area contributed by atoms with E-state index in [0.29, 0.717) is 0 Å². The SMILES string of the molecule is C=C1/C(=C/c2ccccc2)CN(CCC(C)C)C/C1=C\c1cccc(C)c1. The molecule has 0 aliphatic carbocycles. The van der Waals surface area contributed by atoms with E-state index in [1.807, 2.05) is 0 Å². The molecule has 2 aromatic carbocycles. The summed E-state index contributed by atoms with van der Waals surface area (Å²) >= 11 is 0. The summed E-state index contributed by atoms with van der Waals surface area (Å²) in [6.45, 7) is 14.3. The van der Waals surface area contributed by atoms with E-state index in [9.17, 15) is 0 Å². The highest BCUT2D eigenvalue weighted by atomic mass is 15.1. The predicted octanol–water partition coefficient (Wildman–Crippen LogP) is 6.38. The lowest BCUT2D eigenvalue weighted by Gasteiger charge is -2.33. The van der Waals surface area contributed by atoms with E-state index >= 15 is 0 Å².